The highest BCUT2D eigenvalue weighted by Crippen LogP contribution is 2.40. The molecule has 1 fully saturated rings. The number of nitrogens with one attached hydrogen (secondary N) is 1. The Bertz CT molecular complexity index is 1420. The topological polar surface area (TPSA) is 104 Å². The molecule has 1 aliphatic rings. The molecule has 188 valence electrons. The fraction of sp³-hybridized carbons (Fsp3) is 0.423. The van der Waals surface area contributed by atoms with Crippen LogP contribution in [0.15, 0.2) is 30.6 Å². The lowest BCUT2D eigenvalue weighted by molar-refractivity contribution is -0.116. The first-order valence-corrected chi connectivity index (χ1v) is 12.8. The van der Waals surface area contributed by atoms with Gasteiger partial charge in [-0.15, -0.1) is 11.3 Å². The number of ketones is 1. The van der Waals surface area contributed by atoms with Gasteiger partial charge in [0.1, 0.15) is 17.3 Å². The van der Waals surface area contributed by atoms with Crippen molar-refractivity contribution < 1.29 is 14.3 Å². The number of ether oxygens (including phenoxy) is 2. The lowest BCUT2D eigenvalue weighted by Gasteiger charge is -2.19. The first-order chi connectivity index (χ1) is 17.2. The van der Waals surface area contributed by atoms with Gasteiger partial charge in [0.05, 0.1) is 29.7 Å². The number of nitrogens with zero attached hydrogens (tertiary/aromatic N) is 5. The Morgan fingerprint density at radius 3 is 2.81 bits per heavy atom. The number of hydrogen-bond donors (Lipinski definition) is 1. The van der Waals surface area contributed by atoms with Gasteiger partial charge < -0.3 is 19.4 Å². The van der Waals surface area contributed by atoms with Gasteiger partial charge in [-0.2, -0.15) is 4.98 Å². The minimum Gasteiger partial charge on any atom is -0.456 e. The van der Waals surface area contributed by atoms with Crippen molar-refractivity contribution in [2.45, 2.75) is 51.9 Å². The highest BCUT2D eigenvalue weighted by atomic mass is 32.1. The predicted octanol–water partition coefficient (Wildman–Crippen LogP) is 5.29. The molecule has 0 spiro atoms. The Hall–Kier alpha value is -3.37. The van der Waals surface area contributed by atoms with Crippen molar-refractivity contribution in [2.24, 2.45) is 7.05 Å². The first-order valence-electron chi connectivity index (χ1n) is 12.0. The average molecular weight is 507 g/mol. The SMILES string of the molecule is CC(=O)Cc1cc(Oc2cnc3nc(Nc4nc([C@H]5CCOC5)c(C(C)(C)C)s4)n(C)c3c2)ccn1. The molecule has 0 radical (unpaired) electrons. The third-order valence-corrected chi connectivity index (χ3v) is 7.45. The smallest absolute Gasteiger partial charge is 0.211 e. The number of aromatic nitrogens is 5. The number of anilines is 2. The number of carbonyl (C=O) groups is 1. The predicted molar refractivity (Wildman–Crippen MR) is 139 cm³/mol. The number of Topliss-reactive ketones (excluding diaryl/α,β-unsaturated/α-hetero) is 1. The molecule has 4 aromatic rings. The molecule has 1 N–H and O–H groups in total. The van der Waals surface area contributed by atoms with Gasteiger partial charge in [0.2, 0.25) is 5.95 Å². The molecule has 1 aliphatic heterocycles. The molecule has 1 atom stereocenters. The molecule has 9 nitrogen and oxygen atoms in total. The number of thiazole rings is 1. The van der Waals surface area contributed by atoms with E-state index in [2.05, 4.69) is 41.0 Å². The average Bonchev–Trinajstić information content (AvgIpc) is 3.54. The van der Waals surface area contributed by atoms with E-state index in [1.54, 1.807) is 42.8 Å². The fourth-order valence-electron chi connectivity index (χ4n) is 4.27. The number of rotatable bonds is 7. The molecule has 4 aromatic heterocycles. The van der Waals surface area contributed by atoms with Crippen molar-refractivity contribution in [3.63, 3.8) is 0 Å². The summed E-state index contributed by atoms with van der Waals surface area (Å²) in [7, 11) is 1.94. The second-order valence-corrected chi connectivity index (χ2v) is 11.1. The zero-order valence-electron chi connectivity index (χ0n) is 21.2. The van der Waals surface area contributed by atoms with Crippen LogP contribution in [0.25, 0.3) is 11.2 Å². The molecule has 0 aromatic carbocycles. The third-order valence-electron chi connectivity index (χ3n) is 6.04. The Labute approximate surface area is 213 Å². The van der Waals surface area contributed by atoms with E-state index in [0.717, 1.165) is 36.0 Å². The van der Waals surface area contributed by atoms with Crippen LogP contribution in [0.3, 0.4) is 0 Å². The normalized spacial score (nSPS) is 16.0. The molecule has 0 saturated carbocycles. The number of fused-ring (bicyclic) bond motifs is 1. The number of carbonyl (C=O) groups excluding carboxylic acids is 1. The molecule has 0 amide bonds. The molecular formula is C26H30N6O3S. The van der Waals surface area contributed by atoms with Gasteiger partial charge in [-0.1, -0.05) is 20.8 Å². The highest BCUT2D eigenvalue weighted by molar-refractivity contribution is 7.16. The van der Waals surface area contributed by atoms with Gasteiger partial charge in [-0.05, 0) is 24.8 Å². The van der Waals surface area contributed by atoms with Crippen LogP contribution in [0.2, 0.25) is 0 Å². The summed E-state index contributed by atoms with van der Waals surface area (Å²) in [6, 6.07) is 5.42. The van der Waals surface area contributed by atoms with Gasteiger partial charge in [0, 0.05) is 49.2 Å². The van der Waals surface area contributed by atoms with Gasteiger partial charge >= 0.3 is 0 Å². The van der Waals surface area contributed by atoms with E-state index in [1.165, 1.54) is 4.88 Å². The van der Waals surface area contributed by atoms with Crippen molar-refractivity contribution in [1.82, 2.24) is 24.5 Å². The lowest BCUT2D eigenvalue weighted by atomic mass is 9.89. The Kier molecular flexibility index (Phi) is 6.48. The van der Waals surface area contributed by atoms with E-state index < -0.39 is 0 Å². The highest BCUT2D eigenvalue weighted by Gasteiger charge is 2.30. The molecule has 5 rings (SSSR count). The molecule has 10 heteroatoms. The molecule has 5 heterocycles. The molecule has 36 heavy (non-hydrogen) atoms. The quantitative estimate of drug-likeness (QED) is 0.361. The van der Waals surface area contributed by atoms with Crippen molar-refractivity contribution in [3.05, 3.63) is 46.9 Å². The van der Waals surface area contributed by atoms with E-state index in [4.69, 9.17) is 14.5 Å². The maximum absolute atomic E-state index is 11.4. The van der Waals surface area contributed by atoms with Crippen molar-refractivity contribution >= 4 is 39.4 Å². The zero-order valence-corrected chi connectivity index (χ0v) is 22.0. The van der Waals surface area contributed by atoms with Crippen LogP contribution in [0, 0.1) is 0 Å². The van der Waals surface area contributed by atoms with Crippen LogP contribution < -0.4 is 10.1 Å². The van der Waals surface area contributed by atoms with Crippen LogP contribution in [-0.2, 0) is 28.4 Å². The van der Waals surface area contributed by atoms with Gasteiger partial charge in [0.15, 0.2) is 10.8 Å². The summed E-state index contributed by atoms with van der Waals surface area (Å²) in [6.07, 6.45) is 4.55. The summed E-state index contributed by atoms with van der Waals surface area (Å²) in [6.45, 7) is 9.70. The minimum absolute atomic E-state index is 0.00704. The van der Waals surface area contributed by atoms with Crippen LogP contribution in [0.1, 0.15) is 56.3 Å². The number of hydrogen-bond acceptors (Lipinski definition) is 9. The summed E-state index contributed by atoms with van der Waals surface area (Å²) in [5, 5.41) is 4.22. The molecule has 0 aliphatic carbocycles. The number of imidazole rings is 1. The van der Waals surface area contributed by atoms with E-state index in [-0.39, 0.29) is 17.6 Å². The minimum atomic E-state index is -0.00704. The largest absolute Gasteiger partial charge is 0.456 e. The van der Waals surface area contributed by atoms with E-state index >= 15 is 0 Å². The van der Waals surface area contributed by atoms with Crippen LogP contribution in [0.4, 0.5) is 11.1 Å². The van der Waals surface area contributed by atoms with Crippen molar-refractivity contribution in [1.29, 1.82) is 0 Å². The van der Waals surface area contributed by atoms with Crippen molar-refractivity contribution in [3.8, 4) is 11.5 Å². The van der Waals surface area contributed by atoms with Crippen LogP contribution in [-0.4, -0.2) is 43.5 Å². The van der Waals surface area contributed by atoms with Gasteiger partial charge in [-0.3, -0.25) is 9.78 Å². The molecular weight excluding hydrogens is 476 g/mol. The van der Waals surface area contributed by atoms with Crippen molar-refractivity contribution in [2.75, 3.05) is 18.5 Å². The Balaban J connectivity index is 1.40. The van der Waals surface area contributed by atoms with Gasteiger partial charge in [0.25, 0.3) is 0 Å². The fourth-order valence-corrected chi connectivity index (χ4v) is 5.37. The van der Waals surface area contributed by atoms with E-state index in [9.17, 15) is 4.79 Å². The van der Waals surface area contributed by atoms with Crippen LogP contribution in [0.5, 0.6) is 11.5 Å². The summed E-state index contributed by atoms with van der Waals surface area (Å²) < 4.78 is 13.6. The van der Waals surface area contributed by atoms with Crippen LogP contribution >= 0.6 is 11.3 Å². The first kappa shape index (κ1) is 24.3. The second kappa shape index (κ2) is 9.59. The zero-order chi connectivity index (χ0) is 25.4. The Morgan fingerprint density at radius 1 is 1.25 bits per heavy atom. The molecule has 1 saturated heterocycles. The molecule has 0 bridgehead atoms. The van der Waals surface area contributed by atoms with Gasteiger partial charge in [-0.25, -0.2) is 9.97 Å². The summed E-state index contributed by atoms with van der Waals surface area (Å²) in [5.74, 6) is 2.22. The second-order valence-electron chi connectivity index (χ2n) is 10.1. The lowest BCUT2D eigenvalue weighted by Crippen LogP contribution is -2.14. The maximum Gasteiger partial charge on any atom is 0.211 e. The Morgan fingerprint density at radius 2 is 2.08 bits per heavy atom. The summed E-state index contributed by atoms with van der Waals surface area (Å²) >= 11 is 1.67. The maximum atomic E-state index is 11.4. The van der Waals surface area contributed by atoms with E-state index in [0.29, 0.717) is 34.7 Å². The molecule has 0 unspecified atom stereocenters. The summed E-state index contributed by atoms with van der Waals surface area (Å²) in [5.41, 5.74) is 3.22. The summed E-state index contributed by atoms with van der Waals surface area (Å²) in [4.78, 5) is 31.1. The number of aryl methyl sites for hydroxylation is 1. The standard InChI is InChI=1S/C26H30N6O3S/c1-15(33)10-17-11-18(6-8-27-17)35-19-12-20-23(28-13-19)30-24(32(20)5)31-25-29-21(16-7-9-34-14-16)22(36-25)26(2,3)4/h6,8,11-13,16H,7,9-10,14H2,1-5H3,(H,28,29,30,31)/t16-/m0/s1. The number of pyridine rings is 2. The monoisotopic (exact) mass is 506 g/mol. The van der Waals surface area contributed by atoms with E-state index in [1.807, 2.05) is 17.7 Å². The third kappa shape index (κ3) is 5.10.